The molecule has 1 unspecified atom stereocenters. The second-order valence-corrected chi connectivity index (χ2v) is 4.76. The SMILES string of the molecule is CNC(c1ccco1)C1(c2ccccc2)CC1. The standard InChI is InChI=1S/C15H17NO/c1-16-14(13-8-5-11-17-13)15(9-10-15)12-6-3-2-4-7-12/h2-8,11,14,16H,9-10H2,1H3. The van der Waals surface area contributed by atoms with Crippen molar-refractivity contribution in [2.75, 3.05) is 7.05 Å². The van der Waals surface area contributed by atoms with Crippen LogP contribution in [0.15, 0.2) is 53.1 Å². The average molecular weight is 227 g/mol. The molecular weight excluding hydrogens is 210 g/mol. The van der Waals surface area contributed by atoms with Gasteiger partial charge in [-0.2, -0.15) is 0 Å². The Morgan fingerprint density at radius 3 is 2.41 bits per heavy atom. The summed E-state index contributed by atoms with van der Waals surface area (Å²) in [6.45, 7) is 0. The van der Waals surface area contributed by atoms with Crippen LogP contribution in [0, 0.1) is 0 Å². The highest BCUT2D eigenvalue weighted by atomic mass is 16.3. The summed E-state index contributed by atoms with van der Waals surface area (Å²) in [6.07, 6.45) is 4.20. The lowest BCUT2D eigenvalue weighted by Gasteiger charge is -2.25. The van der Waals surface area contributed by atoms with E-state index in [1.165, 1.54) is 18.4 Å². The molecule has 1 aliphatic carbocycles. The first-order valence-corrected chi connectivity index (χ1v) is 6.13. The smallest absolute Gasteiger partial charge is 0.121 e. The Bertz CT molecular complexity index is 471. The van der Waals surface area contributed by atoms with Crippen LogP contribution in [0.3, 0.4) is 0 Å². The molecule has 0 radical (unpaired) electrons. The van der Waals surface area contributed by atoms with Crippen molar-refractivity contribution >= 4 is 0 Å². The van der Waals surface area contributed by atoms with Crippen molar-refractivity contribution in [2.45, 2.75) is 24.3 Å². The van der Waals surface area contributed by atoms with Gasteiger partial charge in [0.25, 0.3) is 0 Å². The summed E-state index contributed by atoms with van der Waals surface area (Å²) < 4.78 is 5.57. The van der Waals surface area contributed by atoms with Gasteiger partial charge in [0, 0.05) is 5.41 Å². The molecule has 0 saturated heterocycles. The molecule has 0 spiro atoms. The van der Waals surface area contributed by atoms with Gasteiger partial charge in [0.1, 0.15) is 5.76 Å². The van der Waals surface area contributed by atoms with Gasteiger partial charge in [-0.3, -0.25) is 0 Å². The number of benzene rings is 1. The molecule has 1 aliphatic rings. The van der Waals surface area contributed by atoms with Gasteiger partial charge in [-0.25, -0.2) is 0 Å². The summed E-state index contributed by atoms with van der Waals surface area (Å²) in [5, 5.41) is 3.41. The van der Waals surface area contributed by atoms with Crippen molar-refractivity contribution in [3.05, 3.63) is 60.1 Å². The third-order valence-corrected chi connectivity index (χ3v) is 3.81. The largest absolute Gasteiger partial charge is 0.468 e. The van der Waals surface area contributed by atoms with Crippen molar-refractivity contribution in [1.29, 1.82) is 0 Å². The van der Waals surface area contributed by atoms with Gasteiger partial charge in [-0.1, -0.05) is 30.3 Å². The van der Waals surface area contributed by atoms with E-state index in [1.54, 1.807) is 6.26 Å². The second-order valence-electron chi connectivity index (χ2n) is 4.76. The van der Waals surface area contributed by atoms with Gasteiger partial charge in [-0.05, 0) is 37.6 Å². The Balaban J connectivity index is 1.97. The predicted octanol–water partition coefficient (Wildman–Crippen LogP) is 3.27. The third-order valence-electron chi connectivity index (χ3n) is 3.81. The van der Waals surface area contributed by atoms with Crippen molar-refractivity contribution < 1.29 is 4.42 Å². The Morgan fingerprint density at radius 2 is 1.88 bits per heavy atom. The van der Waals surface area contributed by atoms with Crippen LogP contribution in [0.2, 0.25) is 0 Å². The van der Waals surface area contributed by atoms with Gasteiger partial charge in [0.05, 0.1) is 12.3 Å². The monoisotopic (exact) mass is 227 g/mol. The number of hydrogen-bond acceptors (Lipinski definition) is 2. The van der Waals surface area contributed by atoms with Crippen LogP contribution >= 0.6 is 0 Å². The molecule has 3 rings (SSSR count). The fraction of sp³-hybridized carbons (Fsp3) is 0.333. The van der Waals surface area contributed by atoms with E-state index in [0.29, 0.717) is 0 Å². The Kier molecular flexibility index (Phi) is 2.52. The van der Waals surface area contributed by atoms with Gasteiger partial charge in [-0.15, -0.1) is 0 Å². The molecule has 0 bridgehead atoms. The van der Waals surface area contributed by atoms with Crippen molar-refractivity contribution in [1.82, 2.24) is 5.32 Å². The minimum absolute atomic E-state index is 0.230. The molecule has 17 heavy (non-hydrogen) atoms. The molecule has 2 nitrogen and oxygen atoms in total. The first-order chi connectivity index (χ1) is 8.37. The van der Waals surface area contributed by atoms with Crippen LogP contribution in [0.4, 0.5) is 0 Å². The number of hydrogen-bond donors (Lipinski definition) is 1. The van der Waals surface area contributed by atoms with Crippen LogP contribution in [0.1, 0.15) is 30.2 Å². The second kappa shape index (κ2) is 4.04. The van der Waals surface area contributed by atoms with E-state index in [2.05, 4.69) is 41.7 Å². The van der Waals surface area contributed by atoms with Gasteiger partial charge < -0.3 is 9.73 Å². The first-order valence-electron chi connectivity index (χ1n) is 6.13. The van der Waals surface area contributed by atoms with E-state index in [0.717, 1.165) is 5.76 Å². The maximum Gasteiger partial charge on any atom is 0.121 e. The Labute approximate surface area is 102 Å². The lowest BCUT2D eigenvalue weighted by Crippen LogP contribution is -2.29. The summed E-state index contributed by atoms with van der Waals surface area (Å²) in [4.78, 5) is 0. The topological polar surface area (TPSA) is 25.2 Å². The number of rotatable bonds is 4. The molecular formula is C15H17NO. The lowest BCUT2D eigenvalue weighted by atomic mass is 9.86. The van der Waals surface area contributed by atoms with Gasteiger partial charge in [0.15, 0.2) is 0 Å². The van der Waals surface area contributed by atoms with E-state index < -0.39 is 0 Å². The molecule has 2 heteroatoms. The molecule has 0 amide bonds. The quantitative estimate of drug-likeness (QED) is 0.867. The number of furan rings is 1. The van der Waals surface area contributed by atoms with E-state index >= 15 is 0 Å². The molecule has 1 heterocycles. The Hall–Kier alpha value is -1.54. The summed E-state index contributed by atoms with van der Waals surface area (Å²) in [5.74, 6) is 1.04. The fourth-order valence-corrected chi connectivity index (χ4v) is 2.80. The van der Waals surface area contributed by atoms with Crippen LogP contribution in [0.5, 0.6) is 0 Å². The first kappa shape index (κ1) is 10.6. The zero-order chi connectivity index (χ0) is 11.7. The van der Waals surface area contributed by atoms with Crippen molar-refractivity contribution in [3.8, 4) is 0 Å². The predicted molar refractivity (Wildman–Crippen MR) is 67.9 cm³/mol. The van der Waals surface area contributed by atoms with E-state index in [9.17, 15) is 0 Å². The molecule has 1 N–H and O–H groups in total. The summed E-state index contributed by atoms with van der Waals surface area (Å²) in [6, 6.07) is 15.0. The molecule has 1 fully saturated rings. The number of likely N-dealkylation sites (N-methyl/N-ethyl adjacent to an activating group) is 1. The lowest BCUT2D eigenvalue weighted by molar-refractivity contribution is 0.371. The highest BCUT2D eigenvalue weighted by Crippen LogP contribution is 2.56. The number of nitrogens with one attached hydrogen (secondary N) is 1. The molecule has 1 atom stereocenters. The molecule has 1 aromatic heterocycles. The zero-order valence-electron chi connectivity index (χ0n) is 10.0. The summed E-state index contributed by atoms with van der Waals surface area (Å²) in [5.41, 5.74) is 1.64. The van der Waals surface area contributed by atoms with Crippen molar-refractivity contribution in [3.63, 3.8) is 0 Å². The fourth-order valence-electron chi connectivity index (χ4n) is 2.80. The maximum absolute atomic E-state index is 5.57. The van der Waals surface area contributed by atoms with E-state index in [4.69, 9.17) is 4.42 Å². The summed E-state index contributed by atoms with van der Waals surface area (Å²) >= 11 is 0. The Morgan fingerprint density at radius 1 is 1.12 bits per heavy atom. The van der Waals surface area contributed by atoms with Crippen LogP contribution in [-0.2, 0) is 5.41 Å². The molecule has 1 saturated carbocycles. The highest BCUT2D eigenvalue weighted by Gasteiger charge is 2.51. The van der Waals surface area contributed by atoms with Crippen molar-refractivity contribution in [2.24, 2.45) is 0 Å². The average Bonchev–Trinajstić information content (AvgIpc) is 3.00. The third kappa shape index (κ3) is 1.69. The molecule has 88 valence electrons. The summed E-state index contributed by atoms with van der Waals surface area (Å²) in [7, 11) is 2.01. The minimum atomic E-state index is 0.230. The molecule has 1 aromatic carbocycles. The molecule has 0 aliphatic heterocycles. The van der Waals surface area contributed by atoms with E-state index in [-0.39, 0.29) is 11.5 Å². The molecule has 2 aromatic rings. The van der Waals surface area contributed by atoms with E-state index in [1.807, 2.05) is 13.1 Å². The van der Waals surface area contributed by atoms with Crippen LogP contribution in [0.25, 0.3) is 0 Å². The minimum Gasteiger partial charge on any atom is -0.468 e. The van der Waals surface area contributed by atoms with Crippen LogP contribution in [-0.4, -0.2) is 7.05 Å². The zero-order valence-corrected chi connectivity index (χ0v) is 10.0. The normalized spacial score (nSPS) is 18.9. The van der Waals surface area contributed by atoms with Gasteiger partial charge in [0.2, 0.25) is 0 Å². The van der Waals surface area contributed by atoms with Crippen LogP contribution < -0.4 is 5.32 Å². The highest BCUT2D eigenvalue weighted by molar-refractivity contribution is 5.36. The van der Waals surface area contributed by atoms with Gasteiger partial charge >= 0.3 is 0 Å². The maximum atomic E-state index is 5.57.